The first-order valence-corrected chi connectivity index (χ1v) is 9.62. The van der Waals surface area contributed by atoms with Gasteiger partial charge in [0.1, 0.15) is 0 Å². The fourth-order valence-electron chi connectivity index (χ4n) is 3.29. The molecular weight excluding hydrogens is 372 g/mol. The van der Waals surface area contributed by atoms with Crippen molar-refractivity contribution in [3.8, 4) is 0 Å². The highest BCUT2D eigenvalue weighted by Crippen LogP contribution is 2.36. The first-order valence-electron chi connectivity index (χ1n) is 8.07. The molecule has 0 radical (unpaired) electrons. The van der Waals surface area contributed by atoms with Crippen molar-refractivity contribution < 1.29 is 18.1 Å². The normalized spacial score (nSPS) is 16.2. The Balaban J connectivity index is 1.98. The van der Waals surface area contributed by atoms with Crippen molar-refractivity contribution in [1.29, 1.82) is 0 Å². The predicted octanol–water partition coefficient (Wildman–Crippen LogP) is 1.29. The van der Waals surface area contributed by atoms with Crippen LogP contribution in [0.4, 0.5) is 11.4 Å². The van der Waals surface area contributed by atoms with Gasteiger partial charge in [0.2, 0.25) is 15.9 Å². The number of fused-ring (bicyclic) bond motifs is 1. The molecule has 1 aliphatic rings. The van der Waals surface area contributed by atoms with E-state index in [1.807, 2.05) is 11.8 Å². The summed E-state index contributed by atoms with van der Waals surface area (Å²) in [5, 5.41) is 16.6. The van der Waals surface area contributed by atoms with Crippen molar-refractivity contribution >= 4 is 27.3 Å². The van der Waals surface area contributed by atoms with Crippen molar-refractivity contribution in [2.45, 2.75) is 30.8 Å². The van der Waals surface area contributed by atoms with E-state index in [0.29, 0.717) is 12.0 Å². The molecule has 0 bridgehead atoms. The molecular formula is C17H18N4O5S. The molecule has 27 heavy (non-hydrogen) atoms. The van der Waals surface area contributed by atoms with Gasteiger partial charge in [0.05, 0.1) is 16.4 Å². The summed E-state index contributed by atoms with van der Waals surface area (Å²) in [6, 6.07) is 8.75. The second-order valence-corrected chi connectivity index (χ2v) is 8.04. The number of anilines is 1. The molecule has 1 heterocycles. The summed E-state index contributed by atoms with van der Waals surface area (Å²) in [6.07, 6.45) is 0.589. The molecule has 0 fully saturated rings. The summed E-state index contributed by atoms with van der Waals surface area (Å²) >= 11 is 0. The number of nitro benzene ring substituents is 1. The highest BCUT2D eigenvalue weighted by atomic mass is 32.2. The number of carbonyl (C=O) groups excluding carboxylic acids is 1. The Kier molecular flexibility index (Phi) is 4.62. The van der Waals surface area contributed by atoms with Crippen molar-refractivity contribution in [3.63, 3.8) is 0 Å². The Hall–Kier alpha value is -2.98. The van der Waals surface area contributed by atoms with E-state index in [0.717, 1.165) is 11.3 Å². The number of hydrogen-bond acceptors (Lipinski definition) is 6. The van der Waals surface area contributed by atoms with E-state index in [2.05, 4.69) is 0 Å². The van der Waals surface area contributed by atoms with Gasteiger partial charge < -0.3 is 10.6 Å². The Morgan fingerprint density at radius 1 is 1.30 bits per heavy atom. The Bertz CT molecular complexity index is 1050. The van der Waals surface area contributed by atoms with Crippen LogP contribution >= 0.6 is 0 Å². The number of rotatable bonds is 5. The summed E-state index contributed by atoms with van der Waals surface area (Å²) in [4.78, 5) is 24.1. The van der Waals surface area contributed by atoms with E-state index in [9.17, 15) is 23.3 Å². The summed E-state index contributed by atoms with van der Waals surface area (Å²) in [7, 11) is -3.80. The number of nitrogens with zero attached hydrogens (tertiary/aromatic N) is 2. The predicted molar refractivity (Wildman–Crippen MR) is 98.8 cm³/mol. The van der Waals surface area contributed by atoms with Gasteiger partial charge in [0.15, 0.2) is 0 Å². The van der Waals surface area contributed by atoms with Crippen LogP contribution in [0, 0.1) is 10.1 Å². The van der Waals surface area contributed by atoms with Gasteiger partial charge in [0.25, 0.3) is 5.69 Å². The van der Waals surface area contributed by atoms with Gasteiger partial charge in [-0.3, -0.25) is 14.9 Å². The Morgan fingerprint density at radius 2 is 2.00 bits per heavy atom. The van der Waals surface area contributed by atoms with Crippen molar-refractivity contribution in [2.24, 2.45) is 10.9 Å². The number of amides is 1. The molecule has 4 N–H and O–H groups in total. The second-order valence-electron chi connectivity index (χ2n) is 6.48. The van der Waals surface area contributed by atoms with Gasteiger partial charge in [-0.25, -0.2) is 13.6 Å². The third kappa shape index (κ3) is 3.62. The highest BCUT2D eigenvalue weighted by molar-refractivity contribution is 7.89. The number of sulfonamides is 1. The number of carbonyl (C=O) groups is 1. The van der Waals surface area contributed by atoms with Crippen LogP contribution in [0.3, 0.4) is 0 Å². The molecule has 0 unspecified atom stereocenters. The molecule has 0 aromatic heterocycles. The van der Waals surface area contributed by atoms with E-state index in [1.165, 1.54) is 30.3 Å². The summed E-state index contributed by atoms with van der Waals surface area (Å²) in [5.41, 5.74) is 7.12. The third-order valence-electron chi connectivity index (χ3n) is 4.64. The molecule has 10 heteroatoms. The first kappa shape index (κ1) is 18.8. The average Bonchev–Trinajstić information content (AvgIpc) is 2.89. The van der Waals surface area contributed by atoms with Crippen LogP contribution in [0.5, 0.6) is 0 Å². The molecule has 0 saturated heterocycles. The highest BCUT2D eigenvalue weighted by Gasteiger charge is 2.29. The van der Waals surface area contributed by atoms with Crippen LogP contribution in [0.1, 0.15) is 28.4 Å². The van der Waals surface area contributed by atoms with Gasteiger partial charge in [0, 0.05) is 28.9 Å². The standard InChI is InChI=1S/C17H18N4O5S/c1-10-6-13-7-14(27(19,25)26)4-5-15(13)20(10)9-12-3-2-11(17(18)22)8-16(12)21(23)24/h2-5,7-8,10H,6,9H2,1H3,(H2,18,22)(H2,19,25,26)/t10-/m0/s1. The van der Waals surface area contributed by atoms with Crippen molar-refractivity contribution in [3.05, 3.63) is 63.2 Å². The van der Waals surface area contributed by atoms with E-state index >= 15 is 0 Å². The molecule has 1 amide bonds. The topological polar surface area (TPSA) is 150 Å². The molecule has 1 atom stereocenters. The molecule has 2 aromatic rings. The quantitative estimate of drug-likeness (QED) is 0.580. The number of primary sulfonamides is 1. The van der Waals surface area contributed by atoms with Crippen LogP contribution in [0.15, 0.2) is 41.3 Å². The van der Waals surface area contributed by atoms with E-state index in [1.54, 1.807) is 6.07 Å². The maximum atomic E-state index is 11.5. The van der Waals surface area contributed by atoms with Gasteiger partial charge in [-0.2, -0.15) is 0 Å². The summed E-state index contributed by atoms with van der Waals surface area (Å²) in [5.74, 6) is -0.736. The smallest absolute Gasteiger partial charge is 0.275 e. The molecule has 1 aliphatic heterocycles. The number of nitro groups is 1. The molecule has 9 nitrogen and oxygen atoms in total. The lowest BCUT2D eigenvalue weighted by atomic mass is 10.1. The number of primary amides is 1. The lowest BCUT2D eigenvalue weighted by Gasteiger charge is -2.25. The average molecular weight is 390 g/mol. The minimum Gasteiger partial charge on any atom is -0.366 e. The fourth-order valence-corrected chi connectivity index (χ4v) is 3.86. The molecule has 2 aromatic carbocycles. The van der Waals surface area contributed by atoms with Crippen LogP contribution in [-0.4, -0.2) is 25.3 Å². The first-order chi connectivity index (χ1) is 12.6. The van der Waals surface area contributed by atoms with Crippen molar-refractivity contribution in [2.75, 3.05) is 4.90 Å². The van der Waals surface area contributed by atoms with Gasteiger partial charge >= 0.3 is 0 Å². The maximum Gasteiger partial charge on any atom is 0.275 e. The van der Waals surface area contributed by atoms with E-state index in [4.69, 9.17) is 10.9 Å². The zero-order chi connectivity index (χ0) is 19.9. The lowest BCUT2D eigenvalue weighted by molar-refractivity contribution is -0.385. The summed E-state index contributed by atoms with van der Waals surface area (Å²) < 4.78 is 23.1. The van der Waals surface area contributed by atoms with Crippen LogP contribution in [-0.2, 0) is 23.0 Å². The van der Waals surface area contributed by atoms with Crippen LogP contribution in [0.25, 0.3) is 0 Å². The van der Waals surface area contributed by atoms with Crippen LogP contribution in [0.2, 0.25) is 0 Å². The SMILES string of the molecule is C[C@H]1Cc2cc(S(N)(=O)=O)ccc2N1Cc1ccc(C(N)=O)cc1[N+](=O)[O-]. The molecule has 3 rings (SSSR count). The largest absolute Gasteiger partial charge is 0.366 e. The zero-order valence-corrected chi connectivity index (χ0v) is 15.3. The number of benzene rings is 2. The molecule has 0 spiro atoms. The Labute approximate surface area is 155 Å². The van der Waals surface area contributed by atoms with E-state index < -0.39 is 20.9 Å². The third-order valence-corrected chi connectivity index (χ3v) is 5.55. The molecule has 0 saturated carbocycles. The lowest BCUT2D eigenvalue weighted by Crippen LogP contribution is -2.29. The minimum atomic E-state index is -3.80. The minimum absolute atomic E-state index is 0.00569. The zero-order valence-electron chi connectivity index (χ0n) is 14.5. The number of hydrogen-bond donors (Lipinski definition) is 2. The monoisotopic (exact) mass is 390 g/mol. The second kappa shape index (κ2) is 6.63. The van der Waals surface area contributed by atoms with Crippen LogP contribution < -0.4 is 15.8 Å². The summed E-state index contributed by atoms with van der Waals surface area (Å²) in [6.45, 7) is 2.18. The van der Waals surface area contributed by atoms with Gasteiger partial charge in [-0.05, 0) is 49.2 Å². The van der Waals surface area contributed by atoms with Gasteiger partial charge in [-0.15, -0.1) is 0 Å². The number of nitrogens with two attached hydrogens (primary N) is 2. The fraction of sp³-hybridized carbons (Fsp3) is 0.235. The van der Waals surface area contributed by atoms with Gasteiger partial charge in [-0.1, -0.05) is 0 Å². The maximum absolute atomic E-state index is 11.5. The Morgan fingerprint density at radius 3 is 2.59 bits per heavy atom. The molecule has 0 aliphatic carbocycles. The molecule has 142 valence electrons. The van der Waals surface area contributed by atoms with E-state index in [-0.39, 0.29) is 28.7 Å². The van der Waals surface area contributed by atoms with Crippen molar-refractivity contribution in [1.82, 2.24) is 0 Å².